The smallest absolute Gasteiger partial charge is 0.0448 e. The average molecular weight is 254 g/mol. The standard InChI is InChI=1S/C17H22N2/c1-2-14-6-5-11-19(14)17-10-9-13(12-18)15-7-3-4-8-16(15)17/h3-4,7-10,14H,2,5-6,11-12,18H2,1H3. The highest BCUT2D eigenvalue weighted by Crippen LogP contribution is 2.34. The molecule has 1 aliphatic rings. The van der Waals surface area contributed by atoms with Gasteiger partial charge in [-0.2, -0.15) is 0 Å². The summed E-state index contributed by atoms with van der Waals surface area (Å²) in [5.41, 5.74) is 8.49. The van der Waals surface area contributed by atoms with Crippen molar-refractivity contribution in [1.29, 1.82) is 0 Å². The van der Waals surface area contributed by atoms with Crippen molar-refractivity contribution < 1.29 is 0 Å². The third kappa shape index (κ3) is 2.10. The van der Waals surface area contributed by atoms with Crippen LogP contribution in [0.5, 0.6) is 0 Å². The Labute approximate surface area is 115 Å². The van der Waals surface area contributed by atoms with E-state index in [2.05, 4.69) is 48.2 Å². The van der Waals surface area contributed by atoms with Gasteiger partial charge >= 0.3 is 0 Å². The van der Waals surface area contributed by atoms with E-state index in [0.717, 1.165) is 0 Å². The van der Waals surface area contributed by atoms with Gasteiger partial charge in [0, 0.05) is 30.2 Å². The molecule has 0 aliphatic carbocycles. The van der Waals surface area contributed by atoms with E-state index in [1.54, 1.807) is 0 Å². The van der Waals surface area contributed by atoms with E-state index in [1.165, 1.54) is 47.8 Å². The first-order valence-corrected chi connectivity index (χ1v) is 7.32. The van der Waals surface area contributed by atoms with Gasteiger partial charge in [-0.15, -0.1) is 0 Å². The number of hydrogen-bond donors (Lipinski definition) is 1. The predicted octanol–water partition coefficient (Wildman–Crippen LogP) is 3.68. The summed E-state index contributed by atoms with van der Waals surface area (Å²) in [6.45, 7) is 4.09. The fourth-order valence-corrected chi connectivity index (χ4v) is 3.35. The van der Waals surface area contributed by atoms with Gasteiger partial charge in [-0.1, -0.05) is 37.3 Å². The SMILES string of the molecule is CCC1CCCN1c1ccc(CN)c2ccccc12. The first kappa shape index (κ1) is 12.5. The van der Waals surface area contributed by atoms with Crippen molar-refractivity contribution in [2.75, 3.05) is 11.4 Å². The Hall–Kier alpha value is -1.54. The van der Waals surface area contributed by atoms with Crippen molar-refractivity contribution in [3.8, 4) is 0 Å². The zero-order valence-corrected chi connectivity index (χ0v) is 11.6. The highest BCUT2D eigenvalue weighted by atomic mass is 15.2. The Morgan fingerprint density at radius 1 is 1.16 bits per heavy atom. The van der Waals surface area contributed by atoms with Gasteiger partial charge in [0.15, 0.2) is 0 Å². The first-order chi connectivity index (χ1) is 9.35. The van der Waals surface area contributed by atoms with Gasteiger partial charge in [0.1, 0.15) is 0 Å². The molecule has 1 heterocycles. The van der Waals surface area contributed by atoms with E-state index in [1.807, 2.05) is 0 Å². The molecule has 1 fully saturated rings. The molecule has 2 N–H and O–H groups in total. The Kier molecular flexibility index (Phi) is 3.43. The van der Waals surface area contributed by atoms with E-state index >= 15 is 0 Å². The van der Waals surface area contributed by atoms with Crippen LogP contribution >= 0.6 is 0 Å². The Morgan fingerprint density at radius 3 is 2.68 bits per heavy atom. The molecule has 0 radical (unpaired) electrons. The maximum absolute atomic E-state index is 5.86. The molecule has 0 aromatic heterocycles. The number of nitrogens with two attached hydrogens (primary N) is 1. The van der Waals surface area contributed by atoms with Crippen LogP contribution in [-0.4, -0.2) is 12.6 Å². The summed E-state index contributed by atoms with van der Waals surface area (Å²) in [5, 5.41) is 2.66. The maximum atomic E-state index is 5.86. The van der Waals surface area contributed by atoms with E-state index in [4.69, 9.17) is 5.73 Å². The van der Waals surface area contributed by atoms with Crippen LogP contribution in [0.4, 0.5) is 5.69 Å². The zero-order chi connectivity index (χ0) is 13.2. The van der Waals surface area contributed by atoms with E-state index in [-0.39, 0.29) is 0 Å². The van der Waals surface area contributed by atoms with Gasteiger partial charge in [-0.3, -0.25) is 0 Å². The number of anilines is 1. The number of hydrogen-bond acceptors (Lipinski definition) is 2. The molecule has 2 nitrogen and oxygen atoms in total. The molecule has 2 heteroatoms. The molecule has 0 saturated carbocycles. The molecule has 0 amide bonds. The van der Waals surface area contributed by atoms with Crippen LogP contribution < -0.4 is 10.6 Å². The molecule has 1 atom stereocenters. The van der Waals surface area contributed by atoms with Crippen LogP contribution in [0.25, 0.3) is 10.8 Å². The van der Waals surface area contributed by atoms with Gasteiger partial charge in [-0.25, -0.2) is 0 Å². The van der Waals surface area contributed by atoms with Crippen LogP contribution in [0.1, 0.15) is 31.7 Å². The molecule has 1 unspecified atom stereocenters. The molecule has 0 spiro atoms. The summed E-state index contributed by atoms with van der Waals surface area (Å²) in [4.78, 5) is 2.59. The Morgan fingerprint density at radius 2 is 1.95 bits per heavy atom. The van der Waals surface area contributed by atoms with Crippen molar-refractivity contribution in [3.05, 3.63) is 42.0 Å². The molecule has 1 aliphatic heterocycles. The quantitative estimate of drug-likeness (QED) is 0.905. The molecular formula is C17H22N2. The molecule has 100 valence electrons. The first-order valence-electron chi connectivity index (χ1n) is 7.32. The van der Waals surface area contributed by atoms with Crippen LogP contribution in [-0.2, 0) is 6.54 Å². The van der Waals surface area contributed by atoms with Gasteiger partial charge in [-0.05, 0) is 36.3 Å². The number of rotatable bonds is 3. The van der Waals surface area contributed by atoms with Crippen molar-refractivity contribution in [1.82, 2.24) is 0 Å². The lowest BCUT2D eigenvalue weighted by Crippen LogP contribution is -2.28. The minimum Gasteiger partial charge on any atom is -0.368 e. The lowest BCUT2D eigenvalue weighted by molar-refractivity contribution is 0.647. The van der Waals surface area contributed by atoms with Gasteiger partial charge in [0.05, 0.1) is 0 Å². The fraction of sp³-hybridized carbons (Fsp3) is 0.412. The fourth-order valence-electron chi connectivity index (χ4n) is 3.35. The summed E-state index contributed by atoms with van der Waals surface area (Å²) >= 11 is 0. The number of benzene rings is 2. The third-order valence-electron chi connectivity index (χ3n) is 4.37. The van der Waals surface area contributed by atoms with E-state index in [0.29, 0.717) is 12.6 Å². The summed E-state index contributed by atoms with van der Waals surface area (Å²) < 4.78 is 0. The second-order valence-electron chi connectivity index (χ2n) is 5.39. The molecule has 19 heavy (non-hydrogen) atoms. The lowest BCUT2D eigenvalue weighted by Gasteiger charge is -2.27. The number of fused-ring (bicyclic) bond motifs is 1. The van der Waals surface area contributed by atoms with Crippen LogP contribution in [0.3, 0.4) is 0 Å². The molecule has 1 saturated heterocycles. The highest BCUT2D eigenvalue weighted by molar-refractivity contribution is 5.96. The van der Waals surface area contributed by atoms with E-state index < -0.39 is 0 Å². The highest BCUT2D eigenvalue weighted by Gasteiger charge is 2.24. The summed E-state index contributed by atoms with van der Waals surface area (Å²) in [5.74, 6) is 0. The second-order valence-corrected chi connectivity index (χ2v) is 5.39. The van der Waals surface area contributed by atoms with Crippen molar-refractivity contribution in [2.45, 2.75) is 38.8 Å². The predicted molar refractivity (Wildman–Crippen MR) is 82.5 cm³/mol. The van der Waals surface area contributed by atoms with Crippen molar-refractivity contribution in [3.63, 3.8) is 0 Å². The Bertz CT molecular complexity index is 576. The summed E-state index contributed by atoms with van der Waals surface area (Å²) in [7, 11) is 0. The minimum absolute atomic E-state index is 0.609. The monoisotopic (exact) mass is 254 g/mol. The van der Waals surface area contributed by atoms with E-state index in [9.17, 15) is 0 Å². The topological polar surface area (TPSA) is 29.3 Å². The molecule has 3 rings (SSSR count). The zero-order valence-electron chi connectivity index (χ0n) is 11.6. The lowest BCUT2D eigenvalue weighted by atomic mass is 10.0. The minimum atomic E-state index is 0.609. The molecule has 0 bridgehead atoms. The molecule has 2 aromatic rings. The summed E-state index contributed by atoms with van der Waals surface area (Å²) in [6, 6.07) is 13.8. The normalized spacial score (nSPS) is 19.3. The van der Waals surface area contributed by atoms with Crippen LogP contribution in [0, 0.1) is 0 Å². The van der Waals surface area contributed by atoms with Gasteiger partial charge in [0.2, 0.25) is 0 Å². The largest absolute Gasteiger partial charge is 0.368 e. The van der Waals surface area contributed by atoms with Crippen LogP contribution in [0.15, 0.2) is 36.4 Å². The average Bonchev–Trinajstić information content (AvgIpc) is 2.94. The van der Waals surface area contributed by atoms with Crippen molar-refractivity contribution >= 4 is 16.5 Å². The second kappa shape index (κ2) is 5.22. The van der Waals surface area contributed by atoms with Gasteiger partial charge < -0.3 is 10.6 Å². The summed E-state index contributed by atoms with van der Waals surface area (Å²) in [6.07, 6.45) is 3.86. The van der Waals surface area contributed by atoms with Crippen LogP contribution in [0.2, 0.25) is 0 Å². The molecular weight excluding hydrogens is 232 g/mol. The van der Waals surface area contributed by atoms with Gasteiger partial charge in [0.25, 0.3) is 0 Å². The maximum Gasteiger partial charge on any atom is 0.0448 e. The third-order valence-corrected chi connectivity index (χ3v) is 4.37. The number of nitrogens with zero attached hydrogens (tertiary/aromatic N) is 1. The Balaban J connectivity index is 2.14. The van der Waals surface area contributed by atoms with Crippen molar-refractivity contribution in [2.24, 2.45) is 5.73 Å². The molecule has 2 aromatic carbocycles.